The highest BCUT2D eigenvalue weighted by Gasteiger charge is 2.62. The quantitative estimate of drug-likeness (QED) is 0.699. The molecule has 4 aliphatic carbocycles. The number of aliphatic hydroxyl groups excluding tert-OH is 1. The molecule has 0 radical (unpaired) electrons. The van der Waals surface area contributed by atoms with E-state index in [1.165, 1.54) is 44.9 Å². The second-order valence-electron chi connectivity index (χ2n) is 10.1. The van der Waals surface area contributed by atoms with Gasteiger partial charge in [-0.2, -0.15) is 5.26 Å². The third-order valence-corrected chi connectivity index (χ3v) is 8.71. The molecule has 23 heavy (non-hydrogen) atoms. The number of hydrogen-bond donors (Lipinski definition) is 1. The van der Waals surface area contributed by atoms with E-state index >= 15 is 0 Å². The number of nitriles is 1. The van der Waals surface area contributed by atoms with Crippen LogP contribution in [0, 0.1) is 57.7 Å². The first-order chi connectivity index (χ1) is 10.9. The Balaban J connectivity index is 1.62. The van der Waals surface area contributed by atoms with Crippen LogP contribution in [0.1, 0.15) is 72.1 Å². The maximum Gasteiger partial charge on any atom is 0.0658 e. The molecule has 0 aromatic carbocycles. The Labute approximate surface area is 141 Å². The number of hydrogen-bond acceptors (Lipinski definition) is 2. The van der Waals surface area contributed by atoms with E-state index in [0.717, 1.165) is 24.2 Å². The van der Waals surface area contributed by atoms with E-state index in [9.17, 15) is 10.4 Å². The molecule has 4 fully saturated rings. The van der Waals surface area contributed by atoms with Crippen LogP contribution in [0.2, 0.25) is 0 Å². The molecule has 0 spiro atoms. The van der Waals surface area contributed by atoms with Crippen molar-refractivity contribution in [3.8, 4) is 6.07 Å². The average molecular weight is 316 g/mol. The fraction of sp³-hybridized carbons (Fsp3) is 0.952. The van der Waals surface area contributed by atoms with Crippen LogP contribution in [-0.2, 0) is 0 Å². The van der Waals surface area contributed by atoms with E-state index < -0.39 is 0 Å². The highest BCUT2D eigenvalue weighted by atomic mass is 16.3. The van der Waals surface area contributed by atoms with Crippen molar-refractivity contribution in [1.29, 1.82) is 5.26 Å². The summed E-state index contributed by atoms with van der Waals surface area (Å²) in [4.78, 5) is 0. The lowest BCUT2D eigenvalue weighted by Gasteiger charge is -2.55. The third-order valence-electron chi connectivity index (χ3n) is 8.71. The first kappa shape index (κ1) is 15.9. The molecule has 2 heteroatoms. The topological polar surface area (TPSA) is 44.0 Å². The zero-order chi connectivity index (χ0) is 16.4. The smallest absolute Gasteiger partial charge is 0.0658 e. The van der Waals surface area contributed by atoms with E-state index in [-0.39, 0.29) is 16.9 Å². The molecule has 6 unspecified atom stereocenters. The molecule has 128 valence electrons. The van der Waals surface area contributed by atoms with Gasteiger partial charge in [-0.25, -0.2) is 0 Å². The summed E-state index contributed by atoms with van der Waals surface area (Å²) in [5, 5.41) is 20.5. The summed E-state index contributed by atoms with van der Waals surface area (Å²) in [6, 6.07) is 2.63. The first-order valence-electron chi connectivity index (χ1n) is 9.96. The first-order valence-corrected chi connectivity index (χ1v) is 9.96. The van der Waals surface area contributed by atoms with Gasteiger partial charge in [-0.15, -0.1) is 0 Å². The predicted molar refractivity (Wildman–Crippen MR) is 91.4 cm³/mol. The van der Waals surface area contributed by atoms with Gasteiger partial charge in [0.25, 0.3) is 0 Å². The number of aliphatic hydroxyl groups is 1. The van der Waals surface area contributed by atoms with Crippen molar-refractivity contribution in [3.63, 3.8) is 0 Å². The predicted octanol–water partition coefficient (Wildman–Crippen LogP) is 4.78. The van der Waals surface area contributed by atoms with Crippen molar-refractivity contribution in [1.82, 2.24) is 0 Å². The molecule has 0 aromatic heterocycles. The maximum absolute atomic E-state index is 11.0. The van der Waals surface area contributed by atoms with Gasteiger partial charge >= 0.3 is 0 Å². The molecular formula is C21H33NO. The van der Waals surface area contributed by atoms with Crippen LogP contribution < -0.4 is 0 Å². The highest BCUT2D eigenvalue weighted by Crippen LogP contribution is 2.66. The molecule has 0 aromatic rings. The van der Waals surface area contributed by atoms with Crippen LogP contribution in [0.25, 0.3) is 0 Å². The van der Waals surface area contributed by atoms with Crippen LogP contribution in [0.4, 0.5) is 0 Å². The van der Waals surface area contributed by atoms with Crippen molar-refractivity contribution in [2.45, 2.75) is 78.2 Å². The zero-order valence-electron chi connectivity index (χ0n) is 15.1. The maximum atomic E-state index is 11.0. The van der Waals surface area contributed by atoms with Crippen molar-refractivity contribution >= 4 is 0 Å². The summed E-state index contributed by atoms with van der Waals surface area (Å²) in [5.41, 5.74) is 0.216. The minimum absolute atomic E-state index is 0.0763. The van der Waals surface area contributed by atoms with Crippen molar-refractivity contribution < 1.29 is 5.11 Å². The Morgan fingerprint density at radius 1 is 0.913 bits per heavy atom. The van der Waals surface area contributed by atoms with E-state index in [1.807, 2.05) is 0 Å². The van der Waals surface area contributed by atoms with E-state index in [2.05, 4.69) is 26.8 Å². The summed E-state index contributed by atoms with van der Waals surface area (Å²) in [5.74, 6) is 4.16. The lowest BCUT2D eigenvalue weighted by atomic mass is 9.49. The van der Waals surface area contributed by atoms with Gasteiger partial charge in [0, 0.05) is 5.92 Å². The average Bonchev–Trinajstić information content (AvgIpc) is 2.73. The van der Waals surface area contributed by atoms with Crippen LogP contribution in [0.15, 0.2) is 0 Å². The van der Waals surface area contributed by atoms with Crippen LogP contribution >= 0.6 is 0 Å². The van der Waals surface area contributed by atoms with Crippen molar-refractivity contribution in [2.75, 3.05) is 0 Å². The Morgan fingerprint density at radius 2 is 1.61 bits per heavy atom. The van der Waals surface area contributed by atoms with Gasteiger partial charge < -0.3 is 5.11 Å². The summed E-state index contributed by atoms with van der Waals surface area (Å²) in [6.07, 6.45) is 9.90. The fourth-order valence-electron chi connectivity index (χ4n) is 7.70. The van der Waals surface area contributed by atoms with Crippen molar-refractivity contribution in [2.24, 2.45) is 46.3 Å². The number of rotatable bonds is 0. The van der Waals surface area contributed by atoms with E-state index in [1.54, 1.807) is 0 Å². The molecule has 0 bridgehead atoms. The van der Waals surface area contributed by atoms with E-state index in [0.29, 0.717) is 17.8 Å². The van der Waals surface area contributed by atoms with Gasteiger partial charge in [0.2, 0.25) is 0 Å². The largest absolute Gasteiger partial charge is 0.392 e. The van der Waals surface area contributed by atoms with Crippen molar-refractivity contribution in [3.05, 3.63) is 0 Å². The molecule has 0 aliphatic heterocycles. The lowest BCUT2D eigenvalue weighted by Crippen LogP contribution is -2.50. The van der Waals surface area contributed by atoms with Gasteiger partial charge in [0.05, 0.1) is 12.2 Å². The number of nitrogens with zero attached hydrogens (tertiary/aromatic N) is 1. The van der Waals surface area contributed by atoms with Gasteiger partial charge in [0.15, 0.2) is 0 Å². The Kier molecular flexibility index (Phi) is 3.62. The van der Waals surface area contributed by atoms with Gasteiger partial charge in [-0.05, 0) is 85.4 Å². The second-order valence-corrected chi connectivity index (χ2v) is 10.1. The third kappa shape index (κ3) is 2.15. The van der Waals surface area contributed by atoms with E-state index in [4.69, 9.17) is 0 Å². The summed E-state index contributed by atoms with van der Waals surface area (Å²) in [7, 11) is 0. The molecule has 4 aliphatic rings. The van der Waals surface area contributed by atoms with Crippen LogP contribution in [-0.4, -0.2) is 11.2 Å². The number of fused-ring (bicyclic) bond motifs is 5. The Bertz CT molecular complexity index is 520. The molecule has 2 nitrogen and oxygen atoms in total. The lowest BCUT2D eigenvalue weighted by molar-refractivity contribution is -0.0930. The summed E-state index contributed by atoms with van der Waals surface area (Å²) >= 11 is 0. The molecule has 1 N–H and O–H groups in total. The molecular weight excluding hydrogens is 282 g/mol. The summed E-state index contributed by atoms with van der Waals surface area (Å²) in [6.45, 7) is 6.92. The van der Waals surface area contributed by atoms with Crippen LogP contribution in [0.5, 0.6) is 0 Å². The SMILES string of the molecule is CC1(C)CC2C3CCC4C(C#N)CCCC4C3CC[C@]2(C)[C@H]1O. The monoisotopic (exact) mass is 315 g/mol. The highest BCUT2D eigenvalue weighted by molar-refractivity contribution is 5.12. The fourth-order valence-corrected chi connectivity index (χ4v) is 7.70. The Morgan fingerprint density at radius 3 is 2.35 bits per heavy atom. The second kappa shape index (κ2) is 5.22. The molecule has 8 atom stereocenters. The minimum Gasteiger partial charge on any atom is -0.392 e. The van der Waals surface area contributed by atoms with Gasteiger partial charge in [-0.1, -0.05) is 27.2 Å². The summed E-state index contributed by atoms with van der Waals surface area (Å²) < 4.78 is 0. The van der Waals surface area contributed by atoms with Crippen LogP contribution in [0.3, 0.4) is 0 Å². The molecule has 0 saturated heterocycles. The molecule has 0 heterocycles. The van der Waals surface area contributed by atoms with Gasteiger partial charge in [-0.3, -0.25) is 0 Å². The molecule has 4 rings (SSSR count). The minimum atomic E-state index is -0.142. The molecule has 4 saturated carbocycles. The zero-order valence-corrected chi connectivity index (χ0v) is 15.1. The Hall–Kier alpha value is -0.550. The normalized spacial score (nSPS) is 54.5. The van der Waals surface area contributed by atoms with Gasteiger partial charge in [0.1, 0.15) is 0 Å². The standard InChI is InChI=1S/C21H33NO/c1-20(2)11-18-17-8-7-14-13(12-22)5-4-6-15(14)16(17)9-10-21(18,3)19(20)23/h13-19,23H,4-11H2,1-3H3/t13?,14?,15?,16?,17?,18?,19-,21-/m0/s1. The molecule has 0 amide bonds.